The molecule has 6 heteroatoms. The van der Waals surface area contributed by atoms with Crippen molar-refractivity contribution in [2.24, 2.45) is 17.6 Å². The number of nitrogens with two attached hydrogens (primary N) is 1. The lowest BCUT2D eigenvalue weighted by Gasteiger charge is -2.36. The van der Waals surface area contributed by atoms with E-state index in [2.05, 4.69) is 0 Å². The van der Waals surface area contributed by atoms with Crippen molar-refractivity contribution in [1.29, 1.82) is 5.41 Å². The predicted octanol–water partition coefficient (Wildman–Crippen LogP) is 1.27. The Hall–Kier alpha value is -1.14. The quantitative estimate of drug-likeness (QED) is 0.573. The summed E-state index contributed by atoms with van der Waals surface area (Å²) in [6.07, 6.45) is 2.61. The van der Waals surface area contributed by atoms with Crippen molar-refractivity contribution in [3.63, 3.8) is 0 Å². The molecule has 0 aliphatic carbocycles. The third-order valence-corrected chi connectivity index (χ3v) is 2.99. The molecule has 18 heavy (non-hydrogen) atoms. The first-order valence-electron chi connectivity index (χ1n) is 6.50. The SMILES string of the molecule is CC(C)COC(=O)N(C=N)N1CCC[C@@H](CN)C1. The van der Waals surface area contributed by atoms with Gasteiger partial charge in [0, 0.05) is 13.1 Å². The number of hydrogen-bond donors (Lipinski definition) is 2. The van der Waals surface area contributed by atoms with Crippen molar-refractivity contribution in [2.45, 2.75) is 26.7 Å². The fraction of sp³-hybridized carbons (Fsp3) is 0.833. The van der Waals surface area contributed by atoms with Gasteiger partial charge in [-0.3, -0.25) is 5.41 Å². The zero-order valence-corrected chi connectivity index (χ0v) is 11.3. The number of amides is 1. The largest absolute Gasteiger partial charge is 0.448 e. The van der Waals surface area contributed by atoms with Crippen LogP contribution >= 0.6 is 0 Å². The highest BCUT2D eigenvalue weighted by Gasteiger charge is 2.26. The van der Waals surface area contributed by atoms with Crippen LogP contribution in [0.25, 0.3) is 0 Å². The predicted molar refractivity (Wildman–Crippen MR) is 70.2 cm³/mol. The number of hydrogen-bond acceptors (Lipinski definition) is 5. The number of piperidine rings is 1. The monoisotopic (exact) mass is 256 g/mol. The topological polar surface area (TPSA) is 82.7 Å². The smallest absolute Gasteiger partial charge is 0.430 e. The van der Waals surface area contributed by atoms with Crippen molar-refractivity contribution in [2.75, 3.05) is 26.2 Å². The second-order valence-electron chi connectivity index (χ2n) is 5.10. The van der Waals surface area contributed by atoms with Crippen molar-refractivity contribution >= 4 is 12.4 Å². The first-order chi connectivity index (χ1) is 8.58. The highest BCUT2D eigenvalue weighted by molar-refractivity contribution is 5.80. The molecule has 1 aliphatic rings. The molecule has 104 valence electrons. The molecule has 1 rings (SSSR count). The molecule has 0 radical (unpaired) electrons. The molecule has 0 aromatic heterocycles. The highest BCUT2D eigenvalue weighted by atomic mass is 16.6. The summed E-state index contributed by atoms with van der Waals surface area (Å²) in [5.74, 6) is 0.679. The summed E-state index contributed by atoms with van der Waals surface area (Å²) in [5.41, 5.74) is 5.66. The van der Waals surface area contributed by atoms with E-state index in [0.717, 1.165) is 25.7 Å². The molecule has 0 bridgehead atoms. The van der Waals surface area contributed by atoms with Crippen LogP contribution in [0.5, 0.6) is 0 Å². The van der Waals surface area contributed by atoms with Crippen LogP contribution in [0.4, 0.5) is 4.79 Å². The molecule has 1 saturated heterocycles. The maximum absolute atomic E-state index is 11.9. The van der Waals surface area contributed by atoms with Gasteiger partial charge in [-0.1, -0.05) is 13.8 Å². The molecule has 1 atom stereocenters. The molecule has 0 aromatic rings. The molecule has 1 amide bonds. The first-order valence-corrected chi connectivity index (χ1v) is 6.50. The van der Waals surface area contributed by atoms with Crippen LogP contribution in [0.3, 0.4) is 0 Å². The van der Waals surface area contributed by atoms with Crippen LogP contribution in [-0.2, 0) is 4.74 Å². The summed E-state index contributed by atoms with van der Waals surface area (Å²) in [6.45, 7) is 6.42. The summed E-state index contributed by atoms with van der Waals surface area (Å²) < 4.78 is 5.14. The number of carbonyl (C=O) groups is 1. The van der Waals surface area contributed by atoms with E-state index < -0.39 is 6.09 Å². The fourth-order valence-electron chi connectivity index (χ4n) is 1.99. The van der Waals surface area contributed by atoms with Crippen LogP contribution < -0.4 is 5.73 Å². The number of rotatable bonds is 5. The minimum absolute atomic E-state index is 0.291. The van der Waals surface area contributed by atoms with E-state index in [9.17, 15) is 4.79 Å². The lowest BCUT2D eigenvalue weighted by molar-refractivity contribution is -0.000136. The number of hydrazine groups is 1. The average molecular weight is 256 g/mol. The third kappa shape index (κ3) is 4.27. The van der Waals surface area contributed by atoms with E-state index in [-0.39, 0.29) is 0 Å². The van der Waals surface area contributed by atoms with Crippen molar-refractivity contribution in [1.82, 2.24) is 10.0 Å². The van der Waals surface area contributed by atoms with Gasteiger partial charge in [-0.05, 0) is 31.2 Å². The molecular formula is C12H24N4O2. The Morgan fingerprint density at radius 3 is 2.94 bits per heavy atom. The van der Waals surface area contributed by atoms with Gasteiger partial charge in [0.05, 0.1) is 6.61 Å². The van der Waals surface area contributed by atoms with E-state index in [0.29, 0.717) is 31.5 Å². The summed E-state index contributed by atoms with van der Waals surface area (Å²) in [6, 6.07) is 0. The highest BCUT2D eigenvalue weighted by Crippen LogP contribution is 2.17. The number of carbonyl (C=O) groups excluding carboxylic acids is 1. The van der Waals surface area contributed by atoms with Gasteiger partial charge < -0.3 is 10.5 Å². The van der Waals surface area contributed by atoms with Gasteiger partial charge in [0.2, 0.25) is 0 Å². The van der Waals surface area contributed by atoms with Gasteiger partial charge in [-0.2, -0.15) is 5.01 Å². The molecule has 1 heterocycles. The van der Waals surface area contributed by atoms with Crippen molar-refractivity contribution in [3.8, 4) is 0 Å². The number of nitrogens with zero attached hydrogens (tertiary/aromatic N) is 2. The maximum atomic E-state index is 11.9. The first kappa shape index (κ1) is 14.9. The van der Waals surface area contributed by atoms with Crippen LogP contribution in [0.15, 0.2) is 0 Å². The van der Waals surface area contributed by atoms with Crippen molar-refractivity contribution < 1.29 is 9.53 Å². The normalized spacial score (nSPS) is 20.8. The Morgan fingerprint density at radius 2 is 2.39 bits per heavy atom. The minimum Gasteiger partial charge on any atom is -0.448 e. The number of ether oxygens (including phenoxy) is 1. The lowest BCUT2D eigenvalue weighted by atomic mass is 9.99. The van der Waals surface area contributed by atoms with Gasteiger partial charge >= 0.3 is 6.09 Å². The van der Waals surface area contributed by atoms with Gasteiger partial charge in [0.15, 0.2) is 0 Å². The molecular weight excluding hydrogens is 232 g/mol. The molecule has 0 aromatic carbocycles. The Balaban J connectivity index is 2.53. The van der Waals surface area contributed by atoms with Crippen LogP contribution in [0.1, 0.15) is 26.7 Å². The van der Waals surface area contributed by atoms with E-state index in [1.165, 1.54) is 5.01 Å². The second-order valence-corrected chi connectivity index (χ2v) is 5.10. The second kappa shape index (κ2) is 7.33. The van der Waals surface area contributed by atoms with Gasteiger partial charge in [0.25, 0.3) is 0 Å². The fourth-order valence-corrected chi connectivity index (χ4v) is 1.99. The third-order valence-electron chi connectivity index (χ3n) is 2.99. The summed E-state index contributed by atoms with van der Waals surface area (Å²) in [4.78, 5) is 11.9. The Bertz CT molecular complexity index is 283. The van der Waals surface area contributed by atoms with E-state index >= 15 is 0 Å². The molecule has 1 fully saturated rings. The van der Waals surface area contributed by atoms with Gasteiger partial charge in [-0.15, -0.1) is 0 Å². The molecule has 0 saturated carbocycles. The summed E-state index contributed by atoms with van der Waals surface area (Å²) in [5, 5.41) is 10.5. The number of nitrogens with one attached hydrogen (secondary N) is 1. The Labute approximate surface area is 109 Å². The zero-order chi connectivity index (χ0) is 13.5. The van der Waals surface area contributed by atoms with Crippen LogP contribution in [0.2, 0.25) is 0 Å². The molecule has 1 aliphatic heterocycles. The van der Waals surface area contributed by atoms with E-state index in [4.69, 9.17) is 15.9 Å². The molecule has 3 N–H and O–H groups in total. The lowest BCUT2D eigenvalue weighted by Crippen LogP contribution is -2.51. The maximum Gasteiger partial charge on any atom is 0.430 e. The average Bonchev–Trinajstić information content (AvgIpc) is 2.37. The standard InChI is InChI=1S/C12H24N4O2/c1-10(2)8-18-12(17)16(9-14)15-5-3-4-11(6-13)7-15/h9-11,14H,3-8,13H2,1-2H3/t11-/m0/s1. The minimum atomic E-state index is -0.476. The Kier molecular flexibility index (Phi) is 6.07. The molecule has 0 spiro atoms. The molecule has 0 unspecified atom stereocenters. The van der Waals surface area contributed by atoms with Crippen LogP contribution in [-0.4, -0.2) is 48.7 Å². The summed E-state index contributed by atoms with van der Waals surface area (Å²) in [7, 11) is 0. The van der Waals surface area contributed by atoms with Crippen molar-refractivity contribution in [3.05, 3.63) is 0 Å². The van der Waals surface area contributed by atoms with Crippen LogP contribution in [0, 0.1) is 17.2 Å². The summed E-state index contributed by atoms with van der Waals surface area (Å²) >= 11 is 0. The molecule has 6 nitrogen and oxygen atoms in total. The van der Waals surface area contributed by atoms with Gasteiger partial charge in [0.1, 0.15) is 6.34 Å². The Morgan fingerprint density at radius 1 is 1.67 bits per heavy atom. The zero-order valence-electron chi connectivity index (χ0n) is 11.3. The van der Waals surface area contributed by atoms with E-state index in [1.807, 2.05) is 18.9 Å². The van der Waals surface area contributed by atoms with Gasteiger partial charge in [-0.25, -0.2) is 9.80 Å². The van der Waals surface area contributed by atoms with E-state index in [1.54, 1.807) is 0 Å².